The highest BCUT2D eigenvalue weighted by Crippen LogP contribution is 2.36. The van der Waals surface area contributed by atoms with Crippen LogP contribution in [0.15, 0.2) is 47.5 Å². The molecule has 0 bridgehead atoms. The second-order valence-corrected chi connectivity index (χ2v) is 6.25. The van der Waals surface area contributed by atoms with Gasteiger partial charge in [-0.15, -0.1) is 0 Å². The molecule has 2 aromatic rings. The van der Waals surface area contributed by atoms with E-state index in [0.717, 1.165) is 5.56 Å². The lowest BCUT2D eigenvalue weighted by Gasteiger charge is -2.19. The van der Waals surface area contributed by atoms with Crippen molar-refractivity contribution in [3.05, 3.63) is 59.2 Å². The molecular formula is C21H22N4O3. The summed E-state index contributed by atoms with van der Waals surface area (Å²) in [7, 11) is 0. The minimum atomic E-state index is -1.13. The summed E-state index contributed by atoms with van der Waals surface area (Å²) in [6.45, 7) is 3.11. The summed E-state index contributed by atoms with van der Waals surface area (Å²) in [4.78, 5) is 28.1. The van der Waals surface area contributed by atoms with E-state index < -0.39 is 5.97 Å². The fourth-order valence-electron chi connectivity index (χ4n) is 3.36. The zero-order valence-corrected chi connectivity index (χ0v) is 15.5. The number of aryl methyl sites for hydroxylation is 1. The summed E-state index contributed by atoms with van der Waals surface area (Å²) in [6.07, 6.45) is 1.19. The number of hydrogen-bond donors (Lipinski definition) is 4. The van der Waals surface area contributed by atoms with Crippen molar-refractivity contribution in [3.8, 4) is 0 Å². The van der Waals surface area contributed by atoms with Crippen LogP contribution in [-0.2, 0) is 16.0 Å². The SMILES string of the molecule is CCc1cccc(C(C(=O)O)=C(C2=NCCN2)c2ccccc2N)c1NC=O. The van der Waals surface area contributed by atoms with Crippen LogP contribution in [0.3, 0.4) is 0 Å². The molecule has 144 valence electrons. The van der Waals surface area contributed by atoms with E-state index in [-0.39, 0.29) is 5.57 Å². The molecule has 0 aliphatic carbocycles. The first-order valence-electron chi connectivity index (χ1n) is 9.02. The van der Waals surface area contributed by atoms with Gasteiger partial charge in [0.05, 0.1) is 17.8 Å². The Bertz CT molecular complexity index is 979. The second kappa shape index (κ2) is 8.39. The normalized spacial score (nSPS) is 14.0. The molecule has 1 amide bonds. The van der Waals surface area contributed by atoms with Crippen molar-refractivity contribution in [2.75, 3.05) is 24.1 Å². The number of para-hydroxylation sites is 2. The van der Waals surface area contributed by atoms with Gasteiger partial charge in [0.25, 0.3) is 0 Å². The quantitative estimate of drug-likeness (QED) is 0.255. The van der Waals surface area contributed by atoms with Crippen LogP contribution in [0.5, 0.6) is 0 Å². The number of carboxylic acid groups (broad SMARTS) is 1. The van der Waals surface area contributed by atoms with Crippen molar-refractivity contribution in [1.82, 2.24) is 5.32 Å². The standard InChI is InChI=1S/C21H22N4O3/c1-2-13-6-5-8-15(19(13)25-12-26)18(21(27)28)17(20-23-10-11-24-20)14-7-3-4-9-16(14)22/h3-9,12H,2,10-11,22H2,1H3,(H,23,24)(H,25,26)(H,27,28). The third kappa shape index (κ3) is 3.59. The Hall–Kier alpha value is -3.61. The predicted octanol–water partition coefficient (Wildman–Crippen LogP) is 2.40. The fraction of sp³-hybridized carbons (Fsp3) is 0.190. The van der Waals surface area contributed by atoms with Gasteiger partial charge in [0.15, 0.2) is 0 Å². The van der Waals surface area contributed by atoms with Crippen LogP contribution < -0.4 is 16.4 Å². The number of aliphatic carboxylic acids is 1. The fourth-order valence-corrected chi connectivity index (χ4v) is 3.36. The van der Waals surface area contributed by atoms with Crippen LogP contribution in [0.4, 0.5) is 11.4 Å². The van der Waals surface area contributed by atoms with E-state index in [4.69, 9.17) is 5.73 Å². The van der Waals surface area contributed by atoms with Gasteiger partial charge in [0.1, 0.15) is 5.84 Å². The lowest BCUT2D eigenvalue weighted by atomic mass is 9.90. The number of anilines is 2. The zero-order valence-electron chi connectivity index (χ0n) is 15.5. The van der Waals surface area contributed by atoms with Crippen LogP contribution in [-0.4, -0.2) is 36.4 Å². The number of nitrogens with zero attached hydrogens (tertiary/aromatic N) is 1. The summed E-state index contributed by atoms with van der Waals surface area (Å²) in [5, 5.41) is 16.0. The Kier molecular flexibility index (Phi) is 5.74. The Balaban J connectivity index is 2.40. The Morgan fingerprint density at radius 2 is 2.00 bits per heavy atom. The van der Waals surface area contributed by atoms with Crippen molar-refractivity contribution in [2.45, 2.75) is 13.3 Å². The van der Waals surface area contributed by atoms with E-state index in [1.807, 2.05) is 13.0 Å². The number of amides is 1. The van der Waals surface area contributed by atoms with Gasteiger partial charge in [-0.3, -0.25) is 9.79 Å². The first-order valence-corrected chi connectivity index (χ1v) is 9.02. The van der Waals surface area contributed by atoms with Crippen LogP contribution in [0.1, 0.15) is 23.6 Å². The number of amidine groups is 1. The first-order chi connectivity index (χ1) is 13.6. The van der Waals surface area contributed by atoms with Crippen molar-refractivity contribution < 1.29 is 14.7 Å². The van der Waals surface area contributed by atoms with E-state index >= 15 is 0 Å². The third-order valence-electron chi connectivity index (χ3n) is 4.61. The molecular weight excluding hydrogens is 356 g/mol. The van der Waals surface area contributed by atoms with Crippen LogP contribution in [0, 0.1) is 0 Å². The molecule has 1 heterocycles. The molecule has 0 atom stereocenters. The molecule has 0 saturated heterocycles. The molecule has 3 rings (SSSR count). The summed E-state index contributed by atoms with van der Waals surface area (Å²) < 4.78 is 0. The average molecular weight is 378 g/mol. The number of carbonyl (C=O) groups is 2. The number of aliphatic imine (C=N–C) groups is 1. The van der Waals surface area contributed by atoms with E-state index in [9.17, 15) is 14.7 Å². The molecule has 0 aromatic heterocycles. The molecule has 7 heteroatoms. The van der Waals surface area contributed by atoms with Gasteiger partial charge in [-0.25, -0.2) is 4.79 Å². The number of benzene rings is 2. The van der Waals surface area contributed by atoms with Crippen molar-refractivity contribution >= 4 is 40.7 Å². The van der Waals surface area contributed by atoms with Crippen LogP contribution in [0.2, 0.25) is 0 Å². The highest BCUT2D eigenvalue weighted by molar-refractivity contribution is 6.41. The third-order valence-corrected chi connectivity index (χ3v) is 4.61. The van der Waals surface area contributed by atoms with Gasteiger partial charge in [-0.2, -0.15) is 0 Å². The summed E-state index contributed by atoms with van der Waals surface area (Å²) in [5.41, 5.74) is 9.36. The van der Waals surface area contributed by atoms with E-state index in [0.29, 0.717) is 59.8 Å². The minimum Gasteiger partial charge on any atom is -0.478 e. The molecule has 0 fully saturated rings. The molecule has 28 heavy (non-hydrogen) atoms. The van der Waals surface area contributed by atoms with Crippen LogP contribution in [0.25, 0.3) is 11.1 Å². The smallest absolute Gasteiger partial charge is 0.337 e. The number of hydrogen-bond acceptors (Lipinski definition) is 5. The van der Waals surface area contributed by atoms with E-state index in [1.165, 1.54) is 0 Å². The molecule has 0 radical (unpaired) electrons. The molecule has 0 spiro atoms. The molecule has 0 saturated carbocycles. The van der Waals surface area contributed by atoms with Crippen molar-refractivity contribution in [3.63, 3.8) is 0 Å². The highest BCUT2D eigenvalue weighted by atomic mass is 16.4. The van der Waals surface area contributed by atoms with Gasteiger partial charge in [-0.05, 0) is 18.1 Å². The van der Waals surface area contributed by atoms with Crippen LogP contribution >= 0.6 is 0 Å². The number of nitrogens with two attached hydrogens (primary N) is 1. The summed E-state index contributed by atoms with van der Waals surface area (Å²) in [5.74, 6) is -0.647. The van der Waals surface area contributed by atoms with Gasteiger partial charge in [0, 0.05) is 28.9 Å². The minimum absolute atomic E-state index is 0.0331. The average Bonchev–Trinajstić information content (AvgIpc) is 3.21. The molecule has 1 aliphatic rings. The molecule has 1 aliphatic heterocycles. The maximum atomic E-state index is 12.4. The summed E-state index contributed by atoms with van der Waals surface area (Å²) >= 11 is 0. The molecule has 7 nitrogen and oxygen atoms in total. The first kappa shape index (κ1) is 19.2. The number of rotatable bonds is 7. The Morgan fingerprint density at radius 1 is 1.25 bits per heavy atom. The number of nitrogens with one attached hydrogen (secondary N) is 2. The maximum Gasteiger partial charge on any atom is 0.337 e. The van der Waals surface area contributed by atoms with Gasteiger partial charge in [-0.1, -0.05) is 43.3 Å². The lowest BCUT2D eigenvalue weighted by molar-refractivity contribution is -0.130. The molecule has 0 unspecified atom stereocenters. The van der Waals surface area contributed by atoms with Gasteiger partial charge < -0.3 is 21.5 Å². The number of nitrogen functional groups attached to an aromatic ring is 1. The summed E-state index contributed by atoms with van der Waals surface area (Å²) in [6, 6.07) is 12.4. The molecule has 5 N–H and O–H groups in total. The highest BCUT2D eigenvalue weighted by Gasteiger charge is 2.27. The second-order valence-electron chi connectivity index (χ2n) is 6.25. The number of carbonyl (C=O) groups excluding carboxylic acids is 1. The molecule has 2 aromatic carbocycles. The topological polar surface area (TPSA) is 117 Å². The Labute approximate surface area is 163 Å². The van der Waals surface area contributed by atoms with Crippen molar-refractivity contribution in [2.24, 2.45) is 4.99 Å². The van der Waals surface area contributed by atoms with E-state index in [2.05, 4.69) is 15.6 Å². The van der Waals surface area contributed by atoms with Gasteiger partial charge >= 0.3 is 5.97 Å². The Morgan fingerprint density at radius 3 is 2.61 bits per heavy atom. The zero-order chi connectivity index (χ0) is 20.1. The van der Waals surface area contributed by atoms with Gasteiger partial charge in [0.2, 0.25) is 6.41 Å². The number of carboxylic acids is 1. The van der Waals surface area contributed by atoms with E-state index in [1.54, 1.807) is 36.4 Å². The monoisotopic (exact) mass is 378 g/mol. The largest absolute Gasteiger partial charge is 0.478 e. The predicted molar refractivity (Wildman–Crippen MR) is 111 cm³/mol. The van der Waals surface area contributed by atoms with Crippen molar-refractivity contribution in [1.29, 1.82) is 0 Å². The maximum absolute atomic E-state index is 12.4. The lowest BCUT2D eigenvalue weighted by Crippen LogP contribution is -2.23.